The fourth-order valence-corrected chi connectivity index (χ4v) is 2.63. The van der Waals surface area contributed by atoms with Gasteiger partial charge in [-0.05, 0) is 31.6 Å². The van der Waals surface area contributed by atoms with Gasteiger partial charge in [-0.1, -0.05) is 12.8 Å². The zero-order chi connectivity index (χ0) is 11.6. The van der Waals surface area contributed by atoms with Gasteiger partial charge in [-0.3, -0.25) is 4.79 Å². The number of hydrogen-bond donors (Lipinski definition) is 2. The minimum Gasteiger partial charge on any atom is -0.481 e. The van der Waals surface area contributed by atoms with Gasteiger partial charge >= 0.3 is 5.97 Å². The Morgan fingerprint density at radius 1 is 1.38 bits per heavy atom. The molecule has 0 bridgehead atoms. The highest BCUT2D eigenvalue weighted by molar-refractivity contribution is 5.75. The third-order valence-electron chi connectivity index (χ3n) is 3.86. The third-order valence-corrected chi connectivity index (χ3v) is 3.86. The average Bonchev–Trinajstić information content (AvgIpc) is 2.91. The normalized spacial score (nSPS) is 28.9. The molecular formula is C12H21NO3. The average molecular weight is 227 g/mol. The van der Waals surface area contributed by atoms with Crippen LogP contribution in [0.3, 0.4) is 0 Å². The van der Waals surface area contributed by atoms with Crippen LogP contribution in [-0.4, -0.2) is 30.3 Å². The van der Waals surface area contributed by atoms with Crippen molar-refractivity contribution in [2.75, 3.05) is 13.2 Å². The molecule has 3 N–H and O–H groups in total. The molecule has 4 heteroatoms. The highest BCUT2D eigenvalue weighted by atomic mass is 16.5. The first kappa shape index (κ1) is 11.9. The minimum absolute atomic E-state index is 0.110. The first-order chi connectivity index (χ1) is 7.66. The fourth-order valence-electron chi connectivity index (χ4n) is 2.63. The Bertz CT molecular complexity index is 259. The maximum Gasteiger partial charge on any atom is 0.311 e. The zero-order valence-corrected chi connectivity index (χ0v) is 9.65. The van der Waals surface area contributed by atoms with Crippen molar-refractivity contribution in [2.24, 2.45) is 17.1 Å². The van der Waals surface area contributed by atoms with Crippen molar-refractivity contribution < 1.29 is 14.6 Å². The molecule has 0 amide bonds. The van der Waals surface area contributed by atoms with Crippen LogP contribution >= 0.6 is 0 Å². The fraction of sp³-hybridized carbons (Fsp3) is 0.917. The van der Waals surface area contributed by atoms with Gasteiger partial charge in [-0.25, -0.2) is 0 Å². The van der Waals surface area contributed by atoms with Crippen LogP contribution in [0, 0.1) is 11.3 Å². The van der Waals surface area contributed by atoms with Crippen molar-refractivity contribution in [1.82, 2.24) is 0 Å². The van der Waals surface area contributed by atoms with Crippen LogP contribution in [0.5, 0.6) is 0 Å². The quantitative estimate of drug-likeness (QED) is 0.719. The Balaban J connectivity index is 2.00. The molecule has 0 radical (unpaired) electrons. The molecule has 2 aliphatic rings. The lowest BCUT2D eigenvalue weighted by atomic mass is 9.77. The van der Waals surface area contributed by atoms with Gasteiger partial charge in [0.25, 0.3) is 0 Å². The molecule has 16 heavy (non-hydrogen) atoms. The molecule has 2 rings (SSSR count). The summed E-state index contributed by atoms with van der Waals surface area (Å²) in [6, 6.07) is 0. The number of rotatable bonds is 6. The molecular weight excluding hydrogens is 206 g/mol. The van der Waals surface area contributed by atoms with Crippen LogP contribution in [0.2, 0.25) is 0 Å². The Kier molecular flexibility index (Phi) is 3.50. The molecule has 92 valence electrons. The van der Waals surface area contributed by atoms with Gasteiger partial charge in [0.05, 0.1) is 11.5 Å². The summed E-state index contributed by atoms with van der Waals surface area (Å²) in [4.78, 5) is 11.5. The molecule has 1 aliphatic heterocycles. The standard InChI is InChI=1S/C12H21NO3/c13-8-12(11(14)15,6-9-3-4-9)7-10-2-1-5-16-10/h9-10H,1-8,13H2,(H,14,15). The second-order valence-electron chi connectivity index (χ2n) is 5.28. The van der Waals surface area contributed by atoms with Gasteiger partial charge < -0.3 is 15.6 Å². The lowest BCUT2D eigenvalue weighted by molar-refractivity contribution is -0.151. The highest BCUT2D eigenvalue weighted by Gasteiger charge is 2.44. The van der Waals surface area contributed by atoms with Crippen molar-refractivity contribution in [3.63, 3.8) is 0 Å². The van der Waals surface area contributed by atoms with Crippen LogP contribution in [0.25, 0.3) is 0 Å². The zero-order valence-electron chi connectivity index (χ0n) is 9.65. The molecule has 1 saturated heterocycles. The van der Waals surface area contributed by atoms with Crippen molar-refractivity contribution in [2.45, 2.75) is 44.6 Å². The van der Waals surface area contributed by atoms with E-state index in [4.69, 9.17) is 10.5 Å². The Hall–Kier alpha value is -0.610. The maximum absolute atomic E-state index is 11.5. The third kappa shape index (κ3) is 2.55. The van der Waals surface area contributed by atoms with Gasteiger partial charge in [0.1, 0.15) is 0 Å². The molecule has 2 atom stereocenters. The monoisotopic (exact) mass is 227 g/mol. The SMILES string of the molecule is NCC(CC1CC1)(CC1CCCO1)C(=O)O. The number of hydrogen-bond acceptors (Lipinski definition) is 3. The van der Waals surface area contributed by atoms with E-state index in [1.807, 2.05) is 0 Å². The van der Waals surface area contributed by atoms with E-state index in [1.165, 1.54) is 12.8 Å². The number of carboxylic acids is 1. The number of aliphatic carboxylic acids is 1. The number of nitrogens with two attached hydrogens (primary N) is 1. The Morgan fingerprint density at radius 2 is 2.12 bits per heavy atom. The lowest BCUT2D eigenvalue weighted by Crippen LogP contribution is -2.41. The van der Waals surface area contributed by atoms with E-state index in [0.29, 0.717) is 12.3 Å². The minimum atomic E-state index is -0.740. The first-order valence-corrected chi connectivity index (χ1v) is 6.21. The summed E-state index contributed by atoms with van der Waals surface area (Å²) in [6.07, 6.45) is 5.81. The molecule has 1 aliphatic carbocycles. The summed E-state index contributed by atoms with van der Waals surface area (Å²) < 4.78 is 5.54. The second kappa shape index (κ2) is 4.72. The summed E-state index contributed by atoms with van der Waals surface area (Å²) in [5.74, 6) is -0.154. The molecule has 4 nitrogen and oxygen atoms in total. The van der Waals surface area contributed by atoms with E-state index in [2.05, 4.69) is 0 Å². The molecule has 1 heterocycles. The largest absolute Gasteiger partial charge is 0.481 e. The van der Waals surface area contributed by atoms with Gasteiger partial charge in [-0.2, -0.15) is 0 Å². The Morgan fingerprint density at radius 3 is 2.56 bits per heavy atom. The number of carbonyl (C=O) groups is 1. The summed E-state index contributed by atoms with van der Waals surface area (Å²) in [5, 5.41) is 9.43. The van der Waals surface area contributed by atoms with E-state index in [-0.39, 0.29) is 12.6 Å². The molecule has 2 fully saturated rings. The second-order valence-corrected chi connectivity index (χ2v) is 5.28. The van der Waals surface area contributed by atoms with E-state index in [0.717, 1.165) is 25.9 Å². The van der Waals surface area contributed by atoms with Crippen molar-refractivity contribution in [3.05, 3.63) is 0 Å². The highest BCUT2D eigenvalue weighted by Crippen LogP contribution is 2.43. The molecule has 1 saturated carbocycles. The van der Waals surface area contributed by atoms with Crippen LogP contribution in [0.1, 0.15) is 38.5 Å². The maximum atomic E-state index is 11.5. The predicted molar refractivity (Wildman–Crippen MR) is 60.1 cm³/mol. The van der Waals surface area contributed by atoms with Gasteiger partial charge in [0.2, 0.25) is 0 Å². The predicted octanol–water partition coefficient (Wildman–Crippen LogP) is 1.39. The van der Waals surface area contributed by atoms with Crippen molar-refractivity contribution >= 4 is 5.97 Å². The van der Waals surface area contributed by atoms with E-state index >= 15 is 0 Å². The van der Waals surface area contributed by atoms with E-state index < -0.39 is 11.4 Å². The van der Waals surface area contributed by atoms with Crippen LogP contribution < -0.4 is 5.73 Å². The van der Waals surface area contributed by atoms with Crippen molar-refractivity contribution in [1.29, 1.82) is 0 Å². The van der Waals surface area contributed by atoms with E-state index in [9.17, 15) is 9.90 Å². The lowest BCUT2D eigenvalue weighted by Gasteiger charge is -2.30. The Labute approximate surface area is 96.2 Å². The molecule has 0 spiro atoms. The van der Waals surface area contributed by atoms with Gasteiger partial charge in [0.15, 0.2) is 0 Å². The summed E-state index contributed by atoms with van der Waals surface area (Å²) in [6.45, 7) is 1.01. The van der Waals surface area contributed by atoms with E-state index in [1.54, 1.807) is 0 Å². The number of ether oxygens (including phenoxy) is 1. The first-order valence-electron chi connectivity index (χ1n) is 6.21. The van der Waals surface area contributed by atoms with Gasteiger partial charge in [-0.15, -0.1) is 0 Å². The molecule has 0 aromatic heterocycles. The number of carboxylic acid groups (broad SMARTS) is 1. The molecule has 0 aromatic carbocycles. The molecule has 2 unspecified atom stereocenters. The molecule has 0 aromatic rings. The smallest absolute Gasteiger partial charge is 0.311 e. The summed E-state index contributed by atoms with van der Waals surface area (Å²) in [5.41, 5.74) is 4.99. The topological polar surface area (TPSA) is 72.5 Å². The van der Waals surface area contributed by atoms with Crippen LogP contribution in [0.4, 0.5) is 0 Å². The van der Waals surface area contributed by atoms with Crippen molar-refractivity contribution in [3.8, 4) is 0 Å². The summed E-state index contributed by atoms with van der Waals surface area (Å²) >= 11 is 0. The van der Waals surface area contributed by atoms with Crippen LogP contribution in [-0.2, 0) is 9.53 Å². The van der Waals surface area contributed by atoms with Gasteiger partial charge in [0, 0.05) is 13.2 Å². The summed E-state index contributed by atoms with van der Waals surface area (Å²) in [7, 11) is 0. The van der Waals surface area contributed by atoms with Crippen LogP contribution in [0.15, 0.2) is 0 Å².